The van der Waals surface area contributed by atoms with Crippen molar-refractivity contribution in [3.8, 4) is 0 Å². The normalized spacial score (nSPS) is 11.8. The molecule has 0 aromatic heterocycles. The monoisotopic (exact) mass is 316 g/mol. The van der Waals surface area contributed by atoms with E-state index in [9.17, 15) is 29.4 Å². The molecule has 7 nitrogen and oxygen atoms in total. The summed E-state index contributed by atoms with van der Waals surface area (Å²) in [7, 11) is 1.59. The number of carboxylic acids is 2. The predicted octanol–water partition coefficient (Wildman–Crippen LogP) is -1.58. The zero-order chi connectivity index (χ0) is 17.6. The number of carbonyl (C=O) groups excluding carboxylic acids is 4. The van der Waals surface area contributed by atoms with E-state index in [0.29, 0.717) is 12.8 Å². The summed E-state index contributed by atoms with van der Waals surface area (Å²) in [6, 6.07) is 0. The van der Waals surface area contributed by atoms with Crippen LogP contribution in [0.15, 0.2) is 0 Å². The quantitative estimate of drug-likeness (QED) is 0.428. The minimum atomic E-state index is -1.27. The summed E-state index contributed by atoms with van der Waals surface area (Å²) in [5.41, 5.74) is 0. The van der Waals surface area contributed by atoms with E-state index in [2.05, 4.69) is 20.4 Å². The van der Waals surface area contributed by atoms with Crippen molar-refractivity contribution in [1.82, 2.24) is 0 Å². The van der Waals surface area contributed by atoms with Crippen LogP contribution < -0.4 is 10.2 Å². The minimum absolute atomic E-state index is 0.317. The Labute approximate surface area is 133 Å². The van der Waals surface area contributed by atoms with E-state index in [-0.39, 0.29) is 11.6 Å². The second-order valence-corrected chi connectivity index (χ2v) is 4.49. The molecule has 2 unspecified atom stereocenters. The fourth-order valence-corrected chi connectivity index (χ4v) is 1.24. The maximum absolute atomic E-state index is 10.4. The first-order valence-corrected chi connectivity index (χ1v) is 6.73. The van der Waals surface area contributed by atoms with E-state index in [4.69, 9.17) is 0 Å². The average Bonchev–Trinajstić information content (AvgIpc) is 2.30. The number of carbonyl (C=O) groups is 4. The van der Waals surface area contributed by atoms with Crippen LogP contribution in [0.25, 0.3) is 0 Å². The van der Waals surface area contributed by atoms with Crippen LogP contribution in [0, 0.1) is 11.8 Å². The number of hydrogen-bond donors (Lipinski definition) is 0. The summed E-state index contributed by atoms with van der Waals surface area (Å²) in [6.45, 7) is 5.79. The molecule has 2 atom stereocenters. The van der Waals surface area contributed by atoms with Gasteiger partial charge in [-0.3, -0.25) is 9.59 Å². The van der Waals surface area contributed by atoms with Gasteiger partial charge in [-0.25, -0.2) is 0 Å². The number of Topliss-reactive ketones (excluding diaryl/α,β-unsaturated/α-hetero) is 2. The van der Waals surface area contributed by atoms with Crippen LogP contribution >= 0.6 is 0 Å². The second-order valence-electron chi connectivity index (χ2n) is 4.02. The Hall–Kier alpha value is -1.23. The standard InChI is InChI=1S/2C6H10O3.CH3O.Al/c2*1-3-5(4(2)7)6(8)9;1-2;/h2*5H,3H2,1-2H3,(H,8,9);1H3;/q;;-1;+3/p-2. The maximum atomic E-state index is 10.4. The molecule has 0 aromatic carbocycles. The Morgan fingerprint density at radius 2 is 1.10 bits per heavy atom. The molecule has 0 aromatic rings. The van der Waals surface area contributed by atoms with Gasteiger partial charge in [0, 0.05) is 0 Å². The van der Waals surface area contributed by atoms with Crippen LogP contribution in [0.4, 0.5) is 0 Å². The van der Waals surface area contributed by atoms with E-state index < -0.39 is 23.8 Å². The molecule has 0 amide bonds. The Bertz CT molecular complexity index is 281. The number of aliphatic carboxylic acids is 2. The summed E-state index contributed by atoms with van der Waals surface area (Å²) in [4.78, 5) is 40.9. The third-order valence-electron chi connectivity index (χ3n) is 2.37. The molecule has 0 aliphatic heterocycles. The van der Waals surface area contributed by atoms with Crippen LogP contribution in [0.2, 0.25) is 0 Å². The van der Waals surface area contributed by atoms with E-state index >= 15 is 0 Å². The van der Waals surface area contributed by atoms with Crippen LogP contribution in [-0.2, 0) is 23.0 Å². The number of ketones is 2. The molecule has 0 saturated heterocycles. The van der Waals surface area contributed by atoms with E-state index in [1.807, 2.05) is 0 Å². The first-order chi connectivity index (χ1) is 9.60. The third kappa shape index (κ3) is 15.0. The fraction of sp³-hybridized carbons (Fsp3) is 0.692. The zero-order valence-electron chi connectivity index (χ0n) is 13.0. The van der Waals surface area contributed by atoms with Crippen LogP contribution in [0.5, 0.6) is 0 Å². The zero-order valence-corrected chi connectivity index (χ0v) is 14.2. The third-order valence-corrected chi connectivity index (χ3v) is 2.37. The predicted molar refractivity (Wildman–Crippen MR) is 71.7 cm³/mol. The Morgan fingerprint density at radius 3 is 1.10 bits per heavy atom. The van der Waals surface area contributed by atoms with Crippen molar-refractivity contribution in [1.29, 1.82) is 0 Å². The Balaban J connectivity index is -0.000000260. The van der Waals surface area contributed by atoms with E-state index in [1.165, 1.54) is 13.8 Å². The van der Waals surface area contributed by atoms with Gasteiger partial charge in [-0.2, -0.15) is 0 Å². The molecular weight excluding hydrogens is 295 g/mol. The summed E-state index contributed by atoms with van der Waals surface area (Å²) >= 11 is 2.08. The molecule has 0 aliphatic rings. The van der Waals surface area contributed by atoms with Crippen molar-refractivity contribution in [3.63, 3.8) is 0 Å². The van der Waals surface area contributed by atoms with E-state index in [1.54, 1.807) is 21.0 Å². The molecule has 0 bridgehead atoms. The number of rotatable bonds is 6. The van der Waals surface area contributed by atoms with Gasteiger partial charge in [-0.05, 0) is 26.7 Å². The molecule has 118 valence electrons. The van der Waals surface area contributed by atoms with Crippen LogP contribution in [-0.4, -0.2) is 47.2 Å². The molecule has 0 saturated carbocycles. The first kappa shape index (κ1) is 24.8. The van der Waals surface area contributed by atoms with Gasteiger partial charge in [0.15, 0.2) is 0 Å². The molecule has 0 N–H and O–H groups in total. The summed E-state index contributed by atoms with van der Waals surface area (Å²) in [5, 5.41) is 20.1. The van der Waals surface area contributed by atoms with Crippen molar-refractivity contribution in [2.75, 3.05) is 7.11 Å². The molecule has 0 heterocycles. The average molecular weight is 316 g/mol. The molecule has 0 fully saturated rings. The summed E-state index contributed by atoms with van der Waals surface area (Å²) in [5.74, 6) is -5.04. The van der Waals surface area contributed by atoms with Gasteiger partial charge in [0.1, 0.15) is 11.6 Å². The SMILES string of the molecule is CCC(C(C)=O)C(=O)[O-].CCC(C(C)=O)C(=O)[O-].C[O][Al+2]. The first-order valence-electron chi connectivity index (χ1n) is 6.25. The van der Waals surface area contributed by atoms with Gasteiger partial charge in [0.25, 0.3) is 0 Å². The molecular formula is C13H21AlO7. The van der Waals surface area contributed by atoms with E-state index in [0.717, 1.165) is 0 Å². The van der Waals surface area contributed by atoms with Gasteiger partial charge in [-0.1, -0.05) is 13.8 Å². The molecule has 0 spiro atoms. The van der Waals surface area contributed by atoms with Gasteiger partial charge in [-0.15, -0.1) is 0 Å². The fourth-order valence-electron chi connectivity index (χ4n) is 1.24. The van der Waals surface area contributed by atoms with Gasteiger partial charge in [0.05, 0.1) is 23.8 Å². The topological polar surface area (TPSA) is 124 Å². The summed E-state index contributed by atoms with van der Waals surface area (Å²) in [6.07, 6.45) is 0.634. The summed E-state index contributed by atoms with van der Waals surface area (Å²) < 4.78 is 4.17. The Kier molecular flexibility index (Phi) is 17.9. The van der Waals surface area contributed by atoms with Crippen LogP contribution in [0.1, 0.15) is 40.5 Å². The van der Waals surface area contributed by atoms with Crippen LogP contribution in [0.3, 0.4) is 0 Å². The van der Waals surface area contributed by atoms with Crippen molar-refractivity contribution >= 4 is 40.1 Å². The molecule has 21 heavy (non-hydrogen) atoms. The van der Waals surface area contributed by atoms with Crippen molar-refractivity contribution in [2.45, 2.75) is 40.5 Å². The molecule has 8 heteroatoms. The van der Waals surface area contributed by atoms with Crippen molar-refractivity contribution in [2.24, 2.45) is 11.8 Å². The molecule has 0 radical (unpaired) electrons. The van der Waals surface area contributed by atoms with Gasteiger partial charge < -0.3 is 19.8 Å². The second kappa shape index (κ2) is 15.2. The van der Waals surface area contributed by atoms with Crippen molar-refractivity contribution < 1.29 is 33.2 Å². The number of hydrogen-bond acceptors (Lipinski definition) is 7. The molecule has 0 rings (SSSR count). The molecule has 0 aliphatic carbocycles. The van der Waals surface area contributed by atoms with Gasteiger partial charge in [0.2, 0.25) is 0 Å². The Morgan fingerprint density at radius 1 is 0.905 bits per heavy atom. The number of carboxylic acid groups (broad SMARTS) is 2. The van der Waals surface area contributed by atoms with Crippen molar-refractivity contribution in [3.05, 3.63) is 0 Å². The van der Waals surface area contributed by atoms with Gasteiger partial charge >= 0.3 is 27.5 Å².